The molecule has 0 saturated carbocycles. The second kappa shape index (κ2) is 9.85. The number of rotatable bonds is 4. The van der Waals surface area contributed by atoms with Crippen LogP contribution in [0, 0.1) is 0 Å². The van der Waals surface area contributed by atoms with E-state index >= 15 is 0 Å². The number of benzene rings is 2. The number of halogens is 9. The Balaban J connectivity index is 2.15. The molecule has 0 aliphatic carbocycles. The molecule has 3 rings (SSSR count). The third kappa shape index (κ3) is 5.89. The maximum absolute atomic E-state index is 13.4. The molecule has 3 nitrogen and oxygen atoms in total. The first kappa shape index (κ1) is 27.7. The van der Waals surface area contributed by atoms with E-state index in [0.29, 0.717) is 18.6 Å². The van der Waals surface area contributed by atoms with Gasteiger partial charge in [-0.25, -0.2) is 4.79 Å². The number of alkyl halides is 9. The number of carbonyl (C=O) groups excluding carboxylic acids is 1. The molecule has 0 fully saturated rings. The molecule has 0 unspecified atom stereocenters. The fourth-order valence-electron chi connectivity index (χ4n) is 4.44. The molecule has 0 saturated heterocycles. The molecule has 0 aromatic heterocycles. The molecule has 1 aliphatic rings. The van der Waals surface area contributed by atoms with Crippen LogP contribution in [0.3, 0.4) is 0 Å². The monoisotopic (exact) mass is 527 g/mol. The van der Waals surface area contributed by atoms with Crippen molar-refractivity contribution in [1.82, 2.24) is 0 Å². The van der Waals surface area contributed by atoms with Crippen LogP contribution in [0.25, 0.3) is 0 Å². The van der Waals surface area contributed by atoms with Crippen LogP contribution < -0.4 is 4.90 Å². The van der Waals surface area contributed by atoms with E-state index in [1.54, 1.807) is 13.8 Å². The average molecular weight is 527 g/mol. The van der Waals surface area contributed by atoms with Crippen molar-refractivity contribution in [3.05, 3.63) is 64.2 Å². The van der Waals surface area contributed by atoms with E-state index in [1.165, 1.54) is 4.90 Å². The molecule has 1 amide bonds. The fourth-order valence-corrected chi connectivity index (χ4v) is 4.44. The van der Waals surface area contributed by atoms with Gasteiger partial charge in [0.15, 0.2) is 0 Å². The topological polar surface area (TPSA) is 29.5 Å². The van der Waals surface area contributed by atoms with Crippen molar-refractivity contribution in [1.29, 1.82) is 0 Å². The second-order valence-electron chi connectivity index (χ2n) is 8.45. The molecule has 2 atom stereocenters. The van der Waals surface area contributed by atoms with Crippen LogP contribution in [0.2, 0.25) is 0 Å². The number of anilines is 1. The van der Waals surface area contributed by atoms with Gasteiger partial charge in [-0.3, -0.25) is 4.90 Å². The molecule has 198 valence electrons. The van der Waals surface area contributed by atoms with Crippen molar-refractivity contribution in [3.8, 4) is 0 Å². The number of amides is 1. The smallest absolute Gasteiger partial charge is 0.416 e. The lowest BCUT2D eigenvalue weighted by atomic mass is 9.80. The Bertz CT molecular complexity index is 1070. The van der Waals surface area contributed by atoms with Gasteiger partial charge < -0.3 is 4.74 Å². The van der Waals surface area contributed by atoms with Gasteiger partial charge in [0.25, 0.3) is 0 Å². The predicted octanol–water partition coefficient (Wildman–Crippen LogP) is 8.21. The fraction of sp³-hybridized carbons (Fsp3) is 0.458. The van der Waals surface area contributed by atoms with E-state index in [4.69, 9.17) is 4.74 Å². The number of hydrogen-bond donors (Lipinski definition) is 0. The van der Waals surface area contributed by atoms with Gasteiger partial charge in [-0.15, -0.1) is 0 Å². The summed E-state index contributed by atoms with van der Waals surface area (Å²) in [4.78, 5) is 13.8. The summed E-state index contributed by atoms with van der Waals surface area (Å²) >= 11 is 0. The Kier molecular flexibility index (Phi) is 7.57. The van der Waals surface area contributed by atoms with E-state index in [1.807, 2.05) is 0 Å². The molecular formula is C24H22F9NO2. The van der Waals surface area contributed by atoms with Crippen molar-refractivity contribution in [2.24, 2.45) is 0 Å². The lowest BCUT2D eigenvalue weighted by Crippen LogP contribution is -2.45. The number of nitrogens with zero attached hydrogens (tertiary/aromatic N) is 1. The Morgan fingerprint density at radius 2 is 1.42 bits per heavy atom. The highest BCUT2D eigenvalue weighted by molar-refractivity contribution is 5.90. The van der Waals surface area contributed by atoms with Gasteiger partial charge in [-0.1, -0.05) is 6.92 Å². The summed E-state index contributed by atoms with van der Waals surface area (Å²) in [6.07, 6.45) is -15.7. The highest BCUT2D eigenvalue weighted by atomic mass is 19.4. The van der Waals surface area contributed by atoms with E-state index in [2.05, 4.69) is 0 Å². The standard InChI is InChI=1S/C24H22F9NO2/c1-3-18-10-14(7-13-8-16(23(28,29)30)11-17(9-13)24(31,32)33)19-12-15(22(25,26)27)5-6-20(19)34(18)21(35)36-4-2/h5-6,8-9,11-12,14,18H,3-4,7,10H2,1-2H3/t14-,18+/m1/s1. The maximum atomic E-state index is 13.4. The molecule has 0 spiro atoms. The normalized spacial score (nSPS) is 18.7. The van der Waals surface area contributed by atoms with Crippen LogP contribution in [0.1, 0.15) is 60.4 Å². The summed E-state index contributed by atoms with van der Waals surface area (Å²) in [7, 11) is 0. The Morgan fingerprint density at radius 1 is 0.861 bits per heavy atom. The predicted molar refractivity (Wildman–Crippen MR) is 113 cm³/mol. The lowest BCUT2D eigenvalue weighted by molar-refractivity contribution is -0.143. The van der Waals surface area contributed by atoms with Gasteiger partial charge in [-0.05, 0) is 79.6 Å². The van der Waals surface area contributed by atoms with Crippen molar-refractivity contribution < 1.29 is 49.0 Å². The zero-order valence-corrected chi connectivity index (χ0v) is 19.1. The van der Waals surface area contributed by atoms with E-state index in [-0.39, 0.29) is 35.9 Å². The van der Waals surface area contributed by atoms with Crippen LogP contribution in [0.4, 0.5) is 50.0 Å². The summed E-state index contributed by atoms with van der Waals surface area (Å²) in [5, 5.41) is 0. The van der Waals surface area contributed by atoms with Crippen LogP contribution in [-0.2, 0) is 29.7 Å². The van der Waals surface area contributed by atoms with Crippen LogP contribution in [0.15, 0.2) is 36.4 Å². The zero-order valence-electron chi connectivity index (χ0n) is 19.1. The first-order valence-electron chi connectivity index (χ1n) is 11.0. The molecule has 0 N–H and O–H groups in total. The van der Waals surface area contributed by atoms with Crippen LogP contribution >= 0.6 is 0 Å². The second-order valence-corrected chi connectivity index (χ2v) is 8.45. The summed E-state index contributed by atoms with van der Waals surface area (Å²) < 4.78 is 125. The van der Waals surface area contributed by atoms with E-state index in [9.17, 15) is 44.3 Å². The third-order valence-electron chi connectivity index (χ3n) is 6.04. The van der Waals surface area contributed by atoms with E-state index in [0.717, 1.165) is 18.2 Å². The van der Waals surface area contributed by atoms with Crippen molar-refractivity contribution in [2.45, 2.75) is 63.6 Å². The summed E-state index contributed by atoms with van der Waals surface area (Å²) in [5.41, 5.74) is -4.32. The minimum Gasteiger partial charge on any atom is -0.449 e. The van der Waals surface area contributed by atoms with Crippen molar-refractivity contribution >= 4 is 11.8 Å². The first-order chi connectivity index (χ1) is 16.6. The van der Waals surface area contributed by atoms with Gasteiger partial charge in [0.05, 0.1) is 29.0 Å². The molecule has 0 radical (unpaired) electrons. The lowest BCUT2D eigenvalue weighted by Gasteiger charge is -2.40. The Hall–Kier alpha value is -2.92. The summed E-state index contributed by atoms with van der Waals surface area (Å²) in [6, 6.07) is 3.19. The van der Waals surface area contributed by atoms with Gasteiger partial charge in [0.1, 0.15) is 0 Å². The summed E-state index contributed by atoms with van der Waals surface area (Å²) in [6.45, 7) is 3.25. The first-order valence-corrected chi connectivity index (χ1v) is 11.0. The average Bonchev–Trinajstić information content (AvgIpc) is 2.76. The van der Waals surface area contributed by atoms with Crippen molar-refractivity contribution in [3.63, 3.8) is 0 Å². The Morgan fingerprint density at radius 3 is 1.89 bits per heavy atom. The van der Waals surface area contributed by atoms with Crippen molar-refractivity contribution in [2.75, 3.05) is 11.5 Å². The molecular weight excluding hydrogens is 505 g/mol. The van der Waals surface area contributed by atoms with Gasteiger partial charge >= 0.3 is 24.6 Å². The molecule has 12 heteroatoms. The summed E-state index contributed by atoms with van der Waals surface area (Å²) in [5.74, 6) is -0.887. The van der Waals surface area contributed by atoms with Gasteiger partial charge in [-0.2, -0.15) is 39.5 Å². The Labute approximate surface area is 200 Å². The zero-order chi connectivity index (χ0) is 27.1. The minimum atomic E-state index is -5.06. The largest absolute Gasteiger partial charge is 0.449 e. The SMILES string of the molecule is CCOC(=O)N1c2ccc(C(F)(F)F)cc2[C@H](Cc2cc(C(F)(F)F)cc(C(F)(F)F)c2)C[C@@H]1CC. The third-order valence-corrected chi connectivity index (χ3v) is 6.04. The molecule has 2 aromatic rings. The minimum absolute atomic E-state index is 0.00257. The number of hydrogen-bond acceptors (Lipinski definition) is 2. The molecule has 1 aliphatic heterocycles. The highest BCUT2D eigenvalue weighted by Gasteiger charge is 2.40. The maximum Gasteiger partial charge on any atom is 0.416 e. The highest BCUT2D eigenvalue weighted by Crippen LogP contribution is 2.45. The molecule has 2 aromatic carbocycles. The number of fused-ring (bicyclic) bond motifs is 1. The molecule has 0 bridgehead atoms. The van der Waals surface area contributed by atoms with E-state index < -0.39 is 59.7 Å². The van der Waals surface area contributed by atoms with Gasteiger partial charge in [0.2, 0.25) is 0 Å². The van der Waals surface area contributed by atoms with Gasteiger partial charge in [0, 0.05) is 6.04 Å². The quantitative estimate of drug-likeness (QED) is 0.375. The number of ether oxygens (including phenoxy) is 1. The van der Waals surface area contributed by atoms with Crippen LogP contribution in [0.5, 0.6) is 0 Å². The van der Waals surface area contributed by atoms with Crippen LogP contribution in [-0.4, -0.2) is 18.7 Å². The molecule has 1 heterocycles. The molecule has 36 heavy (non-hydrogen) atoms. The number of carbonyl (C=O) groups is 1.